The van der Waals surface area contributed by atoms with Crippen LogP contribution in [0.25, 0.3) is 16.6 Å². The Morgan fingerprint density at radius 3 is 2.28 bits per heavy atom. The van der Waals surface area contributed by atoms with Gasteiger partial charge in [-0.05, 0) is 80.3 Å². The van der Waals surface area contributed by atoms with E-state index < -0.39 is 29.2 Å². The Morgan fingerprint density at radius 1 is 0.977 bits per heavy atom. The smallest absolute Gasteiger partial charge is 0.335 e. The molecule has 1 atom stereocenters. The number of hydrogen-bond acceptors (Lipinski definition) is 6. The minimum atomic E-state index is -1.02. The number of fused-ring (bicyclic) bond motifs is 1. The zero-order valence-corrected chi connectivity index (χ0v) is 25.4. The highest BCUT2D eigenvalue weighted by Gasteiger charge is 2.29. The monoisotopic (exact) mass is 622 g/mol. The van der Waals surface area contributed by atoms with Gasteiger partial charge in [0.25, 0.3) is 11.5 Å². The molecule has 1 heterocycles. The van der Waals surface area contributed by atoms with Crippen LogP contribution in [0.1, 0.15) is 47.2 Å². The molecule has 0 spiro atoms. The summed E-state index contributed by atoms with van der Waals surface area (Å²) in [4.78, 5) is 53.1. The van der Waals surface area contributed by atoms with Gasteiger partial charge in [0.2, 0.25) is 0 Å². The Hall–Kier alpha value is -3.92. The number of carbonyl (C=O) groups is 2. The van der Waals surface area contributed by atoms with Crippen molar-refractivity contribution in [2.75, 3.05) is 7.05 Å². The van der Waals surface area contributed by atoms with Crippen LogP contribution in [0.3, 0.4) is 0 Å². The van der Waals surface area contributed by atoms with Gasteiger partial charge >= 0.3 is 11.7 Å². The number of ether oxygens (including phenoxy) is 1. The predicted octanol–water partition coefficient (Wildman–Crippen LogP) is 4.54. The fraction of sp³-hybridized carbons (Fsp3) is 0.312. The summed E-state index contributed by atoms with van der Waals surface area (Å²) in [5.41, 5.74) is 1.70. The summed E-state index contributed by atoms with van der Waals surface area (Å²) in [6.07, 6.45) is 3.44. The molecule has 4 aromatic rings. The zero-order valence-electron chi connectivity index (χ0n) is 23.9. The normalized spacial score (nSPS) is 14.1. The van der Waals surface area contributed by atoms with E-state index >= 15 is 0 Å². The molecule has 1 amide bonds. The molecule has 1 saturated carbocycles. The number of halogens is 2. The number of carbonyl (C=O) groups excluding carboxylic acids is 2. The van der Waals surface area contributed by atoms with Crippen LogP contribution in [0.4, 0.5) is 0 Å². The predicted molar refractivity (Wildman–Crippen MR) is 167 cm³/mol. The Balaban J connectivity index is 1.44. The average molecular weight is 624 g/mol. The standard InChI is InChI=1S/C32H32Cl2N4O5/c1-35-18-20-12-15-27-23(16-20)30(40)38(32(42)37(27)2)21-13-10-19(11-14-21)17-26(31(41)43-22-6-3-4-7-22)36-29(39)28-24(33)8-5-9-25(28)34/h5,8-16,22,26,35H,3-4,6-7,17-18H2,1-2H3,(H,36,39)/t26-/m0/s1. The van der Waals surface area contributed by atoms with Crippen LogP contribution in [0.5, 0.6) is 0 Å². The highest BCUT2D eigenvalue weighted by molar-refractivity contribution is 6.39. The van der Waals surface area contributed by atoms with Gasteiger partial charge in [-0.3, -0.25) is 14.2 Å². The van der Waals surface area contributed by atoms with E-state index in [1.54, 1.807) is 61.6 Å². The van der Waals surface area contributed by atoms with Crippen molar-refractivity contribution < 1.29 is 14.3 Å². The van der Waals surface area contributed by atoms with Crippen LogP contribution >= 0.6 is 23.2 Å². The lowest BCUT2D eigenvalue weighted by atomic mass is 10.0. The number of hydrogen-bond donors (Lipinski definition) is 2. The minimum absolute atomic E-state index is 0.0734. The topological polar surface area (TPSA) is 111 Å². The average Bonchev–Trinajstić information content (AvgIpc) is 3.50. The molecule has 11 heteroatoms. The van der Waals surface area contributed by atoms with Crippen molar-refractivity contribution in [1.29, 1.82) is 0 Å². The number of nitrogens with zero attached hydrogens (tertiary/aromatic N) is 2. The Kier molecular flexibility index (Phi) is 9.34. The molecule has 1 fully saturated rings. The molecule has 2 N–H and O–H groups in total. The minimum Gasteiger partial charge on any atom is -0.461 e. The molecule has 43 heavy (non-hydrogen) atoms. The second kappa shape index (κ2) is 13.2. The van der Waals surface area contributed by atoms with Crippen molar-refractivity contribution in [2.45, 2.75) is 50.8 Å². The first kappa shape index (κ1) is 30.5. The summed E-state index contributed by atoms with van der Waals surface area (Å²) >= 11 is 12.5. The highest BCUT2D eigenvalue weighted by Crippen LogP contribution is 2.25. The number of aromatic nitrogens is 2. The second-order valence-corrected chi connectivity index (χ2v) is 11.5. The molecule has 1 aliphatic rings. The lowest BCUT2D eigenvalue weighted by molar-refractivity contribution is -0.151. The largest absolute Gasteiger partial charge is 0.461 e. The van der Waals surface area contributed by atoms with Gasteiger partial charge in [0.05, 0.1) is 32.2 Å². The second-order valence-electron chi connectivity index (χ2n) is 10.7. The quantitative estimate of drug-likeness (QED) is 0.265. The molecular weight excluding hydrogens is 591 g/mol. The van der Waals surface area contributed by atoms with Crippen LogP contribution in [0.2, 0.25) is 10.0 Å². The Labute approximate surface area is 258 Å². The summed E-state index contributed by atoms with van der Waals surface area (Å²) in [7, 11) is 3.45. The van der Waals surface area contributed by atoms with Crippen molar-refractivity contribution in [3.05, 3.63) is 108 Å². The van der Waals surface area contributed by atoms with Crippen molar-refractivity contribution in [3.63, 3.8) is 0 Å². The number of amides is 1. The van der Waals surface area contributed by atoms with Gasteiger partial charge in [0, 0.05) is 20.0 Å². The first-order chi connectivity index (χ1) is 20.7. The molecule has 9 nitrogen and oxygen atoms in total. The molecule has 0 radical (unpaired) electrons. The zero-order chi connectivity index (χ0) is 30.7. The molecule has 0 unspecified atom stereocenters. The Morgan fingerprint density at radius 2 is 1.63 bits per heavy atom. The van der Waals surface area contributed by atoms with Gasteiger partial charge in [-0.2, -0.15) is 0 Å². The van der Waals surface area contributed by atoms with E-state index in [0.29, 0.717) is 28.7 Å². The van der Waals surface area contributed by atoms with Gasteiger partial charge < -0.3 is 15.4 Å². The van der Waals surface area contributed by atoms with Crippen LogP contribution in [-0.4, -0.2) is 40.2 Å². The SMILES string of the molecule is CNCc1ccc2c(c1)c(=O)n(-c1ccc(C[C@H](NC(=O)c3c(Cl)cccc3Cl)C(=O)OC3CCCC3)cc1)c(=O)n2C. The fourth-order valence-corrected chi connectivity index (χ4v) is 6.03. The molecule has 224 valence electrons. The number of esters is 1. The van der Waals surface area contributed by atoms with E-state index in [0.717, 1.165) is 35.8 Å². The van der Waals surface area contributed by atoms with Gasteiger partial charge in [0.1, 0.15) is 12.1 Å². The van der Waals surface area contributed by atoms with E-state index in [9.17, 15) is 19.2 Å². The molecule has 1 aromatic heterocycles. The molecule has 0 bridgehead atoms. The molecule has 3 aromatic carbocycles. The molecular formula is C32H32Cl2N4O5. The van der Waals surface area contributed by atoms with E-state index in [1.165, 1.54) is 4.57 Å². The maximum Gasteiger partial charge on any atom is 0.335 e. The Bertz CT molecular complexity index is 1770. The summed E-state index contributed by atoms with van der Waals surface area (Å²) < 4.78 is 8.30. The van der Waals surface area contributed by atoms with Gasteiger partial charge in [0.15, 0.2) is 0 Å². The number of aryl methyl sites for hydroxylation is 1. The number of nitrogens with one attached hydrogen (secondary N) is 2. The first-order valence-electron chi connectivity index (χ1n) is 14.1. The van der Waals surface area contributed by atoms with Crippen molar-refractivity contribution in [2.24, 2.45) is 7.05 Å². The van der Waals surface area contributed by atoms with Gasteiger partial charge in [-0.15, -0.1) is 0 Å². The van der Waals surface area contributed by atoms with Crippen molar-refractivity contribution in [1.82, 2.24) is 19.8 Å². The van der Waals surface area contributed by atoms with E-state index in [-0.39, 0.29) is 28.1 Å². The van der Waals surface area contributed by atoms with E-state index in [4.69, 9.17) is 27.9 Å². The lowest BCUT2D eigenvalue weighted by Crippen LogP contribution is -2.44. The fourth-order valence-electron chi connectivity index (χ4n) is 5.46. The third kappa shape index (κ3) is 6.54. The highest BCUT2D eigenvalue weighted by atomic mass is 35.5. The van der Waals surface area contributed by atoms with Gasteiger partial charge in [-0.25, -0.2) is 14.2 Å². The van der Waals surface area contributed by atoms with E-state index in [2.05, 4.69) is 10.6 Å². The summed E-state index contributed by atoms with van der Waals surface area (Å²) in [6, 6.07) is 15.9. The maximum absolute atomic E-state index is 13.5. The summed E-state index contributed by atoms with van der Waals surface area (Å²) in [6.45, 7) is 0.580. The third-order valence-electron chi connectivity index (χ3n) is 7.71. The van der Waals surface area contributed by atoms with Crippen molar-refractivity contribution in [3.8, 4) is 5.69 Å². The number of rotatable bonds is 9. The van der Waals surface area contributed by atoms with Crippen LogP contribution in [0, 0.1) is 0 Å². The van der Waals surface area contributed by atoms with Gasteiger partial charge in [-0.1, -0.05) is 47.5 Å². The summed E-state index contributed by atoms with van der Waals surface area (Å²) in [5.74, 6) is -1.14. The molecule has 1 aliphatic carbocycles. The first-order valence-corrected chi connectivity index (χ1v) is 14.9. The van der Waals surface area contributed by atoms with Crippen LogP contribution < -0.4 is 21.9 Å². The lowest BCUT2D eigenvalue weighted by Gasteiger charge is -2.21. The summed E-state index contributed by atoms with van der Waals surface area (Å²) in [5, 5.41) is 6.57. The number of benzene rings is 3. The van der Waals surface area contributed by atoms with Crippen molar-refractivity contribution >= 4 is 46.0 Å². The molecule has 0 saturated heterocycles. The van der Waals surface area contributed by atoms with E-state index in [1.807, 2.05) is 13.1 Å². The van der Waals surface area contributed by atoms with Crippen LogP contribution in [-0.2, 0) is 29.5 Å². The van der Waals surface area contributed by atoms with Crippen LogP contribution in [0.15, 0.2) is 70.3 Å². The molecule has 5 rings (SSSR count). The third-order valence-corrected chi connectivity index (χ3v) is 8.34. The maximum atomic E-state index is 13.5. The molecule has 0 aliphatic heterocycles.